The maximum atomic E-state index is 13.3. The van der Waals surface area contributed by atoms with E-state index >= 15 is 0 Å². The molecule has 1 saturated heterocycles. The zero-order valence-electron chi connectivity index (χ0n) is 11.2. The number of rotatable bonds is 3. The van der Waals surface area contributed by atoms with Gasteiger partial charge >= 0.3 is 0 Å². The van der Waals surface area contributed by atoms with Gasteiger partial charge in [-0.3, -0.25) is 4.79 Å². The van der Waals surface area contributed by atoms with Crippen molar-refractivity contribution in [3.63, 3.8) is 0 Å². The first-order valence-electron chi connectivity index (χ1n) is 6.49. The lowest BCUT2D eigenvalue weighted by Crippen LogP contribution is -2.48. The lowest BCUT2D eigenvalue weighted by atomic mass is 9.79. The molecule has 0 aromatic heterocycles. The van der Waals surface area contributed by atoms with Gasteiger partial charge < -0.3 is 5.32 Å². The number of halogens is 1. The Balaban J connectivity index is 2.30. The number of carbonyl (C=O) groups excluding carboxylic acids is 1. The van der Waals surface area contributed by atoms with Gasteiger partial charge in [0.15, 0.2) is 0 Å². The minimum Gasteiger partial charge on any atom is -0.350 e. The molecule has 3 heteroatoms. The molecule has 1 unspecified atom stereocenters. The largest absolute Gasteiger partial charge is 0.350 e. The third-order valence-electron chi connectivity index (χ3n) is 4.11. The van der Waals surface area contributed by atoms with Crippen molar-refractivity contribution in [2.45, 2.75) is 45.6 Å². The van der Waals surface area contributed by atoms with Crippen LogP contribution in [0.5, 0.6) is 0 Å². The fourth-order valence-electron chi connectivity index (χ4n) is 2.68. The Morgan fingerprint density at radius 1 is 1.44 bits per heavy atom. The van der Waals surface area contributed by atoms with Gasteiger partial charge in [0, 0.05) is 12.0 Å². The molecule has 0 radical (unpaired) electrons. The van der Waals surface area contributed by atoms with Gasteiger partial charge in [0.1, 0.15) is 5.82 Å². The monoisotopic (exact) mass is 249 g/mol. The van der Waals surface area contributed by atoms with Crippen LogP contribution >= 0.6 is 0 Å². The highest BCUT2D eigenvalue weighted by Crippen LogP contribution is 2.32. The van der Waals surface area contributed by atoms with Gasteiger partial charge in [-0.05, 0) is 48.9 Å². The fraction of sp³-hybridized carbons (Fsp3) is 0.533. The lowest BCUT2D eigenvalue weighted by Gasteiger charge is -2.34. The molecule has 1 fully saturated rings. The third-order valence-corrected chi connectivity index (χ3v) is 4.11. The van der Waals surface area contributed by atoms with Gasteiger partial charge in [-0.15, -0.1) is 0 Å². The van der Waals surface area contributed by atoms with E-state index in [0.717, 1.165) is 17.5 Å². The summed E-state index contributed by atoms with van der Waals surface area (Å²) < 4.78 is 13.3. The highest BCUT2D eigenvalue weighted by Gasteiger charge is 2.40. The first-order chi connectivity index (χ1) is 8.43. The molecule has 2 nitrogen and oxygen atoms in total. The average Bonchev–Trinajstić information content (AvgIpc) is 2.67. The van der Waals surface area contributed by atoms with E-state index in [4.69, 9.17) is 0 Å². The second kappa shape index (κ2) is 4.71. The fourth-order valence-corrected chi connectivity index (χ4v) is 2.68. The Bertz CT molecular complexity index is 470. The van der Waals surface area contributed by atoms with Crippen LogP contribution in [0.2, 0.25) is 0 Å². The molecule has 1 aromatic rings. The molecule has 0 bridgehead atoms. The van der Waals surface area contributed by atoms with Crippen LogP contribution in [0, 0.1) is 18.7 Å². The van der Waals surface area contributed by atoms with Crippen LogP contribution in [0.3, 0.4) is 0 Å². The average molecular weight is 249 g/mol. The minimum absolute atomic E-state index is 0.109. The van der Waals surface area contributed by atoms with Crippen LogP contribution in [0.1, 0.15) is 37.8 Å². The molecular formula is C15H20FNO. The summed E-state index contributed by atoms with van der Waals surface area (Å²) >= 11 is 0. The minimum atomic E-state index is -0.213. The van der Waals surface area contributed by atoms with Crippen molar-refractivity contribution in [1.29, 1.82) is 0 Å². The second-order valence-corrected chi connectivity index (χ2v) is 5.61. The van der Waals surface area contributed by atoms with E-state index in [9.17, 15) is 9.18 Å². The molecular weight excluding hydrogens is 229 g/mol. The maximum absolute atomic E-state index is 13.3. The Labute approximate surface area is 108 Å². The number of nitrogens with one attached hydrogen (secondary N) is 1. The number of hydrogen-bond donors (Lipinski definition) is 1. The van der Waals surface area contributed by atoms with Crippen molar-refractivity contribution < 1.29 is 9.18 Å². The van der Waals surface area contributed by atoms with Crippen LogP contribution in [-0.4, -0.2) is 11.4 Å². The number of carbonyl (C=O) groups is 1. The highest BCUT2D eigenvalue weighted by molar-refractivity contribution is 5.79. The zero-order chi connectivity index (χ0) is 13.3. The first-order valence-corrected chi connectivity index (χ1v) is 6.49. The van der Waals surface area contributed by atoms with Gasteiger partial charge in [0.05, 0.1) is 0 Å². The van der Waals surface area contributed by atoms with E-state index < -0.39 is 0 Å². The molecule has 0 saturated carbocycles. The van der Waals surface area contributed by atoms with E-state index in [1.807, 2.05) is 6.92 Å². The Kier molecular flexibility index (Phi) is 3.42. The van der Waals surface area contributed by atoms with Crippen LogP contribution in [0.4, 0.5) is 4.39 Å². The number of amides is 1. The van der Waals surface area contributed by atoms with E-state index in [1.165, 1.54) is 6.07 Å². The molecule has 1 N–H and O–H groups in total. The molecule has 1 aromatic carbocycles. The summed E-state index contributed by atoms with van der Waals surface area (Å²) in [6.07, 6.45) is 2.12. The molecule has 0 aliphatic carbocycles. The lowest BCUT2D eigenvalue weighted by molar-refractivity contribution is -0.120. The van der Waals surface area contributed by atoms with E-state index in [0.29, 0.717) is 18.8 Å². The molecule has 98 valence electrons. The normalized spacial score (nSPS) is 23.5. The molecule has 1 heterocycles. The number of aryl methyl sites for hydroxylation is 1. The summed E-state index contributed by atoms with van der Waals surface area (Å²) in [6, 6.07) is 4.87. The van der Waals surface area contributed by atoms with Gasteiger partial charge in [0.2, 0.25) is 5.91 Å². The maximum Gasteiger partial charge on any atom is 0.220 e. The molecule has 0 spiro atoms. The van der Waals surface area contributed by atoms with Crippen molar-refractivity contribution in [1.82, 2.24) is 5.32 Å². The molecule has 1 aliphatic heterocycles. The predicted molar refractivity (Wildman–Crippen MR) is 69.8 cm³/mol. The molecule has 1 aliphatic rings. The van der Waals surface area contributed by atoms with Crippen LogP contribution in [0.15, 0.2) is 18.2 Å². The van der Waals surface area contributed by atoms with Gasteiger partial charge in [-0.2, -0.15) is 0 Å². The van der Waals surface area contributed by atoms with Gasteiger partial charge in [-0.25, -0.2) is 4.39 Å². The summed E-state index contributed by atoms with van der Waals surface area (Å²) in [6.45, 7) is 6.21. The second-order valence-electron chi connectivity index (χ2n) is 5.61. The zero-order valence-corrected chi connectivity index (χ0v) is 11.2. The summed E-state index contributed by atoms with van der Waals surface area (Å²) in [5.74, 6) is 0.239. The number of hydrogen-bond acceptors (Lipinski definition) is 1. The highest BCUT2D eigenvalue weighted by atomic mass is 19.1. The summed E-state index contributed by atoms with van der Waals surface area (Å²) in [7, 11) is 0. The van der Waals surface area contributed by atoms with Gasteiger partial charge in [0.25, 0.3) is 0 Å². The molecule has 18 heavy (non-hydrogen) atoms. The molecule has 2 rings (SSSR count). The van der Waals surface area contributed by atoms with Gasteiger partial charge in [-0.1, -0.05) is 19.9 Å². The van der Waals surface area contributed by atoms with Crippen molar-refractivity contribution in [2.75, 3.05) is 0 Å². The molecule has 1 amide bonds. The quantitative estimate of drug-likeness (QED) is 0.876. The Morgan fingerprint density at radius 3 is 2.72 bits per heavy atom. The van der Waals surface area contributed by atoms with Crippen LogP contribution < -0.4 is 5.32 Å². The SMILES string of the molecule is Cc1ccc(F)cc1CC1(C(C)C)CCC(=O)N1. The van der Waals surface area contributed by atoms with E-state index in [-0.39, 0.29) is 17.3 Å². The van der Waals surface area contributed by atoms with Crippen LogP contribution in [0.25, 0.3) is 0 Å². The van der Waals surface area contributed by atoms with Crippen molar-refractivity contribution in [3.05, 3.63) is 35.1 Å². The Morgan fingerprint density at radius 2 is 2.17 bits per heavy atom. The third kappa shape index (κ3) is 2.40. The summed E-state index contributed by atoms with van der Waals surface area (Å²) in [4.78, 5) is 11.5. The topological polar surface area (TPSA) is 29.1 Å². The first kappa shape index (κ1) is 13.1. The van der Waals surface area contributed by atoms with Crippen molar-refractivity contribution in [3.8, 4) is 0 Å². The van der Waals surface area contributed by atoms with Crippen LogP contribution in [-0.2, 0) is 11.2 Å². The van der Waals surface area contributed by atoms with Crippen molar-refractivity contribution >= 4 is 5.91 Å². The molecule has 1 atom stereocenters. The Hall–Kier alpha value is -1.38. The van der Waals surface area contributed by atoms with E-state index in [1.54, 1.807) is 12.1 Å². The van der Waals surface area contributed by atoms with Crippen molar-refractivity contribution in [2.24, 2.45) is 5.92 Å². The predicted octanol–water partition coefficient (Wildman–Crippen LogP) is 2.98. The smallest absolute Gasteiger partial charge is 0.220 e. The number of benzene rings is 1. The van der Waals surface area contributed by atoms with E-state index in [2.05, 4.69) is 19.2 Å². The summed E-state index contributed by atoms with van der Waals surface area (Å²) in [5, 5.41) is 3.10. The standard InChI is InChI=1S/C15H20FNO/c1-10(2)15(7-6-14(18)17-15)9-12-8-13(16)5-4-11(12)3/h4-5,8,10H,6-7,9H2,1-3H3,(H,17,18). The summed E-state index contributed by atoms with van der Waals surface area (Å²) in [5.41, 5.74) is 1.86.